The Balaban J connectivity index is 1.61. The molecule has 1 aliphatic heterocycles. The van der Waals surface area contributed by atoms with E-state index in [1.807, 2.05) is 35.8 Å². The summed E-state index contributed by atoms with van der Waals surface area (Å²) >= 11 is 0. The van der Waals surface area contributed by atoms with E-state index in [0.29, 0.717) is 37.9 Å². The normalized spacial score (nSPS) is 15.0. The molecular formula is C22H33FN6O. The molecule has 2 heterocycles. The molecule has 3 rings (SSSR count). The first-order chi connectivity index (χ1) is 14.4. The summed E-state index contributed by atoms with van der Waals surface area (Å²) in [7, 11) is 5.69. The molecule has 1 saturated heterocycles. The molecule has 8 heteroatoms. The van der Waals surface area contributed by atoms with E-state index in [-0.39, 0.29) is 5.82 Å². The van der Waals surface area contributed by atoms with Crippen LogP contribution in [-0.4, -0.2) is 61.0 Å². The maximum absolute atomic E-state index is 14.6. The lowest BCUT2D eigenvalue weighted by Crippen LogP contribution is -2.38. The van der Waals surface area contributed by atoms with Gasteiger partial charge in [0.1, 0.15) is 5.82 Å². The van der Waals surface area contributed by atoms with Crippen molar-refractivity contribution in [2.45, 2.75) is 32.9 Å². The molecule has 164 valence electrons. The van der Waals surface area contributed by atoms with Crippen LogP contribution in [0.4, 0.5) is 10.1 Å². The maximum atomic E-state index is 14.6. The average Bonchev–Trinajstić information content (AvgIpc) is 3.09. The Morgan fingerprint density at radius 1 is 1.33 bits per heavy atom. The molecule has 0 spiro atoms. The number of hydrogen-bond acceptors (Lipinski definition) is 4. The maximum Gasteiger partial charge on any atom is 0.193 e. The SMILES string of the molecule is CN=C(NCc1ccc(N2CCOCC2)c(F)c1)N(C)Cc1cn(C)nc1C(C)C. The van der Waals surface area contributed by atoms with Gasteiger partial charge in [0.15, 0.2) is 5.96 Å². The van der Waals surface area contributed by atoms with Gasteiger partial charge >= 0.3 is 0 Å². The van der Waals surface area contributed by atoms with Crippen LogP contribution >= 0.6 is 0 Å². The fraction of sp³-hybridized carbons (Fsp3) is 0.545. The predicted octanol–water partition coefficient (Wildman–Crippen LogP) is 2.73. The van der Waals surface area contributed by atoms with Gasteiger partial charge in [0, 0.05) is 59.1 Å². The number of aryl methyl sites for hydroxylation is 1. The molecular weight excluding hydrogens is 383 g/mol. The summed E-state index contributed by atoms with van der Waals surface area (Å²) < 4.78 is 21.9. The zero-order valence-corrected chi connectivity index (χ0v) is 18.7. The standard InChI is InChI=1S/C22H33FN6O/c1-16(2)21-18(15-28(5)26-21)14-27(4)22(24-3)25-13-17-6-7-20(19(23)12-17)29-8-10-30-11-9-29/h6-7,12,15-16H,8-11,13-14H2,1-5H3,(H,24,25). The first-order valence-electron chi connectivity index (χ1n) is 10.4. The van der Waals surface area contributed by atoms with Crippen molar-refractivity contribution in [1.82, 2.24) is 20.0 Å². The summed E-state index contributed by atoms with van der Waals surface area (Å²) in [5.74, 6) is 0.917. The van der Waals surface area contributed by atoms with Crippen LogP contribution in [0.5, 0.6) is 0 Å². The Morgan fingerprint density at radius 3 is 2.70 bits per heavy atom. The smallest absolute Gasteiger partial charge is 0.193 e. The molecule has 0 radical (unpaired) electrons. The molecule has 1 N–H and O–H groups in total. The third-order valence-corrected chi connectivity index (χ3v) is 5.28. The molecule has 0 saturated carbocycles. The van der Waals surface area contributed by atoms with Crippen molar-refractivity contribution < 1.29 is 9.13 Å². The second kappa shape index (κ2) is 9.93. The summed E-state index contributed by atoms with van der Waals surface area (Å²) in [4.78, 5) is 8.47. The zero-order chi connectivity index (χ0) is 21.7. The molecule has 0 amide bonds. The fourth-order valence-corrected chi connectivity index (χ4v) is 3.78. The number of ether oxygens (including phenoxy) is 1. The minimum Gasteiger partial charge on any atom is -0.378 e. The molecule has 1 aliphatic rings. The molecule has 0 unspecified atom stereocenters. The lowest BCUT2D eigenvalue weighted by atomic mass is 10.1. The lowest BCUT2D eigenvalue weighted by molar-refractivity contribution is 0.122. The third-order valence-electron chi connectivity index (χ3n) is 5.28. The first kappa shape index (κ1) is 22.1. The molecule has 0 bridgehead atoms. The first-order valence-corrected chi connectivity index (χ1v) is 10.4. The Bertz CT molecular complexity index is 873. The molecule has 30 heavy (non-hydrogen) atoms. The van der Waals surface area contributed by atoms with Gasteiger partial charge in [0.05, 0.1) is 24.6 Å². The van der Waals surface area contributed by atoms with Crippen molar-refractivity contribution >= 4 is 11.6 Å². The van der Waals surface area contributed by atoms with Crippen LogP contribution in [0.2, 0.25) is 0 Å². The Labute approximate surface area is 178 Å². The molecule has 1 fully saturated rings. The lowest BCUT2D eigenvalue weighted by Gasteiger charge is -2.29. The van der Waals surface area contributed by atoms with Gasteiger partial charge in [-0.05, 0) is 23.6 Å². The van der Waals surface area contributed by atoms with Gasteiger partial charge in [-0.25, -0.2) is 4.39 Å². The van der Waals surface area contributed by atoms with Gasteiger partial charge in [-0.1, -0.05) is 19.9 Å². The number of aromatic nitrogens is 2. The van der Waals surface area contributed by atoms with Crippen LogP contribution in [-0.2, 0) is 24.9 Å². The number of rotatable bonds is 6. The fourth-order valence-electron chi connectivity index (χ4n) is 3.78. The second-order valence-electron chi connectivity index (χ2n) is 8.01. The van der Waals surface area contributed by atoms with Crippen LogP contribution in [0.1, 0.15) is 36.6 Å². The second-order valence-corrected chi connectivity index (χ2v) is 8.01. The van der Waals surface area contributed by atoms with E-state index < -0.39 is 0 Å². The van der Waals surface area contributed by atoms with Crippen molar-refractivity contribution in [2.24, 2.45) is 12.0 Å². The van der Waals surface area contributed by atoms with Crippen LogP contribution in [0.3, 0.4) is 0 Å². The highest BCUT2D eigenvalue weighted by Gasteiger charge is 2.17. The summed E-state index contributed by atoms with van der Waals surface area (Å²) in [6.07, 6.45) is 2.05. The van der Waals surface area contributed by atoms with E-state index in [9.17, 15) is 4.39 Å². The number of morpholine rings is 1. The van der Waals surface area contributed by atoms with Gasteiger partial charge in [0.2, 0.25) is 0 Å². The van der Waals surface area contributed by atoms with E-state index in [0.717, 1.165) is 30.3 Å². The summed E-state index contributed by atoms with van der Waals surface area (Å²) in [6.45, 7) is 8.22. The number of benzene rings is 1. The van der Waals surface area contributed by atoms with E-state index in [1.165, 1.54) is 5.56 Å². The largest absolute Gasteiger partial charge is 0.378 e. The Kier molecular flexibility index (Phi) is 7.31. The minimum absolute atomic E-state index is 0.198. The van der Waals surface area contributed by atoms with Crippen LogP contribution < -0.4 is 10.2 Å². The summed E-state index contributed by atoms with van der Waals surface area (Å²) in [6, 6.07) is 5.42. The Hall–Kier alpha value is -2.61. The number of nitrogens with zero attached hydrogens (tertiary/aromatic N) is 5. The summed E-state index contributed by atoms with van der Waals surface area (Å²) in [5.41, 5.74) is 3.80. The highest BCUT2D eigenvalue weighted by Crippen LogP contribution is 2.22. The van der Waals surface area contributed by atoms with E-state index >= 15 is 0 Å². The zero-order valence-electron chi connectivity index (χ0n) is 18.7. The van der Waals surface area contributed by atoms with Gasteiger partial charge in [-0.2, -0.15) is 5.10 Å². The molecule has 0 atom stereocenters. The van der Waals surface area contributed by atoms with Crippen molar-refractivity contribution in [3.63, 3.8) is 0 Å². The monoisotopic (exact) mass is 416 g/mol. The van der Waals surface area contributed by atoms with Crippen LogP contribution in [0.25, 0.3) is 0 Å². The van der Waals surface area contributed by atoms with Gasteiger partial charge in [0.25, 0.3) is 0 Å². The van der Waals surface area contributed by atoms with E-state index in [4.69, 9.17) is 4.74 Å². The highest BCUT2D eigenvalue weighted by atomic mass is 19.1. The van der Waals surface area contributed by atoms with Crippen LogP contribution in [0, 0.1) is 5.82 Å². The average molecular weight is 417 g/mol. The number of anilines is 1. The minimum atomic E-state index is -0.198. The molecule has 0 aliphatic carbocycles. The van der Waals surface area contributed by atoms with Crippen molar-refractivity contribution in [3.8, 4) is 0 Å². The molecule has 2 aromatic rings. The van der Waals surface area contributed by atoms with Gasteiger partial charge < -0.3 is 19.9 Å². The van der Waals surface area contributed by atoms with Crippen LogP contribution in [0.15, 0.2) is 29.4 Å². The van der Waals surface area contributed by atoms with Crippen molar-refractivity contribution in [2.75, 3.05) is 45.3 Å². The summed E-state index contributed by atoms with van der Waals surface area (Å²) in [5, 5.41) is 7.91. The third kappa shape index (κ3) is 5.30. The highest BCUT2D eigenvalue weighted by molar-refractivity contribution is 5.79. The molecule has 1 aromatic heterocycles. The topological polar surface area (TPSA) is 57.9 Å². The van der Waals surface area contributed by atoms with Crippen molar-refractivity contribution in [1.29, 1.82) is 0 Å². The number of nitrogens with one attached hydrogen (secondary N) is 1. The predicted molar refractivity (Wildman–Crippen MR) is 118 cm³/mol. The van der Waals surface area contributed by atoms with Crippen molar-refractivity contribution in [3.05, 3.63) is 47.0 Å². The van der Waals surface area contributed by atoms with Gasteiger partial charge in [-0.3, -0.25) is 9.67 Å². The number of aliphatic imine (C=N–C) groups is 1. The number of halogens is 1. The van der Waals surface area contributed by atoms with E-state index in [1.54, 1.807) is 13.1 Å². The Morgan fingerprint density at radius 2 is 2.07 bits per heavy atom. The van der Waals surface area contributed by atoms with Gasteiger partial charge in [-0.15, -0.1) is 0 Å². The number of guanidine groups is 1. The number of hydrogen-bond donors (Lipinski definition) is 1. The quantitative estimate of drug-likeness (QED) is 0.580. The molecule has 1 aromatic carbocycles. The van der Waals surface area contributed by atoms with E-state index in [2.05, 4.69) is 40.4 Å². The molecule has 7 nitrogen and oxygen atoms in total.